The van der Waals surface area contributed by atoms with Crippen LogP contribution in [0, 0.1) is 0 Å². The van der Waals surface area contributed by atoms with Gasteiger partial charge in [-0.3, -0.25) is 4.79 Å². The van der Waals surface area contributed by atoms with Gasteiger partial charge in [0, 0.05) is 12.6 Å². The molecule has 0 bridgehead atoms. The van der Waals surface area contributed by atoms with Gasteiger partial charge >= 0.3 is 0 Å². The van der Waals surface area contributed by atoms with Gasteiger partial charge < -0.3 is 5.32 Å². The highest BCUT2D eigenvalue weighted by Gasteiger charge is 1.96. The Morgan fingerprint density at radius 1 is 1.60 bits per heavy atom. The molecule has 0 aromatic rings. The first-order valence-electron chi connectivity index (χ1n) is 2.92. The molecule has 0 aliphatic heterocycles. The van der Waals surface area contributed by atoms with Crippen molar-refractivity contribution in [3.8, 4) is 0 Å². The number of hydrogen-bond acceptors (Lipinski definition) is 2. The third kappa shape index (κ3) is 3.35. The number of hydrogen-bond donors (Lipinski definition) is 2. The van der Waals surface area contributed by atoms with Crippen LogP contribution < -0.4 is 5.32 Å². The minimum absolute atomic E-state index is 0.0635. The van der Waals surface area contributed by atoms with Crippen LogP contribution in [-0.4, -0.2) is 13.0 Å². The van der Waals surface area contributed by atoms with E-state index >= 15 is 0 Å². The number of carbonyl (C=O) groups excluding carboxylic acids is 1. The van der Waals surface area contributed by atoms with Crippen molar-refractivity contribution >= 4 is 18.5 Å². The molecule has 0 spiro atoms. The Morgan fingerprint density at radius 3 is 2.60 bits per heavy atom. The van der Waals surface area contributed by atoms with Crippen molar-refractivity contribution in [1.29, 1.82) is 0 Å². The van der Waals surface area contributed by atoms with Crippen LogP contribution in [0.1, 0.15) is 6.92 Å². The molecular weight excluding hydrogens is 146 g/mol. The predicted molar refractivity (Wildman–Crippen MR) is 45.9 cm³/mol. The number of amides is 1. The minimum atomic E-state index is -0.0635. The molecule has 0 fully saturated rings. The molecule has 0 aliphatic rings. The van der Waals surface area contributed by atoms with E-state index in [0.29, 0.717) is 5.57 Å². The van der Waals surface area contributed by atoms with Crippen LogP contribution >= 0.6 is 12.6 Å². The topological polar surface area (TPSA) is 29.1 Å². The summed E-state index contributed by atoms with van der Waals surface area (Å²) in [6.45, 7) is 1.74. The molecule has 0 aromatic carbocycles. The third-order valence-corrected chi connectivity index (χ3v) is 1.19. The van der Waals surface area contributed by atoms with E-state index in [2.05, 4.69) is 17.9 Å². The molecule has 3 heteroatoms. The molecule has 0 aliphatic carbocycles. The van der Waals surface area contributed by atoms with Crippen molar-refractivity contribution in [1.82, 2.24) is 5.32 Å². The number of thiol groups is 1. The number of carbonyl (C=O) groups is 1. The second kappa shape index (κ2) is 5.11. The molecule has 0 saturated carbocycles. The van der Waals surface area contributed by atoms with E-state index in [0.717, 1.165) is 0 Å². The van der Waals surface area contributed by atoms with Crippen LogP contribution in [0.3, 0.4) is 0 Å². The van der Waals surface area contributed by atoms with E-state index in [9.17, 15) is 4.79 Å². The van der Waals surface area contributed by atoms with Crippen molar-refractivity contribution in [2.75, 3.05) is 7.05 Å². The van der Waals surface area contributed by atoms with Gasteiger partial charge in [-0.25, -0.2) is 0 Å². The maximum absolute atomic E-state index is 10.8. The fourth-order valence-electron chi connectivity index (χ4n) is 0.460. The molecule has 10 heavy (non-hydrogen) atoms. The Kier molecular flexibility index (Phi) is 4.76. The smallest absolute Gasteiger partial charge is 0.246 e. The Morgan fingerprint density at radius 2 is 2.20 bits per heavy atom. The summed E-state index contributed by atoms with van der Waals surface area (Å²) >= 11 is 3.84. The van der Waals surface area contributed by atoms with Gasteiger partial charge in [-0.2, -0.15) is 12.6 Å². The molecule has 1 amide bonds. The van der Waals surface area contributed by atoms with Crippen molar-refractivity contribution in [2.24, 2.45) is 0 Å². The normalized spacial score (nSPS) is 12.1. The molecule has 0 atom stereocenters. The quantitative estimate of drug-likeness (QED) is 0.351. The van der Waals surface area contributed by atoms with Gasteiger partial charge in [-0.05, 0) is 12.3 Å². The van der Waals surface area contributed by atoms with Gasteiger partial charge in [-0.15, -0.1) is 0 Å². The van der Waals surface area contributed by atoms with E-state index < -0.39 is 0 Å². The van der Waals surface area contributed by atoms with E-state index in [1.165, 1.54) is 0 Å². The lowest BCUT2D eigenvalue weighted by atomic mass is 10.2. The summed E-state index contributed by atoms with van der Waals surface area (Å²) in [5.41, 5.74) is 0.674. The monoisotopic (exact) mass is 157 g/mol. The Bertz CT molecular complexity index is 172. The van der Waals surface area contributed by atoms with Gasteiger partial charge in [0.1, 0.15) is 0 Å². The zero-order chi connectivity index (χ0) is 7.98. The second-order valence-corrected chi connectivity index (χ2v) is 2.07. The average Bonchev–Trinajstić information content (AvgIpc) is 1.98. The summed E-state index contributed by atoms with van der Waals surface area (Å²) in [6, 6.07) is 0. The Labute approximate surface area is 66.4 Å². The van der Waals surface area contributed by atoms with E-state index in [-0.39, 0.29) is 5.91 Å². The van der Waals surface area contributed by atoms with Crippen LogP contribution in [0.4, 0.5) is 0 Å². The largest absolute Gasteiger partial charge is 0.355 e. The molecule has 1 N–H and O–H groups in total. The SMILES string of the molecule is CNC(=O)/C(C)=C/C=C\S. The molecule has 0 aromatic heterocycles. The van der Waals surface area contributed by atoms with Gasteiger partial charge in [0.15, 0.2) is 0 Å². The van der Waals surface area contributed by atoms with Crippen LogP contribution in [0.5, 0.6) is 0 Å². The highest BCUT2D eigenvalue weighted by atomic mass is 32.1. The average molecular weight is 157 g/mol. The zero-order valence-electron chi connectivity index (χ0n) is 6.09. The first kappa shape index (κ1) is 9.30. The number of allylic oxidation sites excluding steroid dienone is 2. The summed E-state index contributed by atoms with van der Waals surface area (Å²) in [4.78, 5) is 10.8. The lowest BCUT2D eigenvalue weighted by molar-refractivity contribution is -0.116. The maximum Gasteiger partial charge on any atom is 0.246 e. The molecule has 0 heterocycles. The minimum Gasteiger partial charge on any atom is -0.355 e. The molecule has 0 unspecified atom stereocenters. The van der Waals surface area contributed by atoms with Crippen LogP contribution in [0.25, 0.3) is 0 Å². The molecule has 56 valence electrons. The van der Waals surface area contributed by atoms with Crippen molar-refractivity contribution in [3.05, 3.63) is 23.1 Å². The number of likely N-dealkylation sites (N-methyl/N-ethyl adjacent to an activating group) is 1. The third-order valence-electron chi connectivity index (χ3n) is 1.02. The van der Waals surface area contributed by atoms with Crippen LogP contribution in [0.15, 0.2) is 23.1 Å². The van der Waals surface area contributed by atoms with Crippen LogP contribution in [-0.2, 0) is 4.79 Å². The van der Waals surface area contributed by atoms with Crippen molar-refractivity contribution in [3.63, 3.8) is 0 Å². The summed E-state index contributed by atoms with van der Waals surface area (Å²) in [6.07, 6.45) is 3.40. The lowest BCUT2D eigenvalue weighted by Gasteiger charge is -1.95. The molecule has 0 rings (SSSR count). The summed E-state index contributed by atoms with van der Waals surface area (Å²) in [5.74, 6) is -0.0635. The van der Waals surface area contributed by atoms with Gasteiger partial charge in [0.05, 0.1) is 0 Å². The highest BCUT2D eigenvalue weighted by molar-refractivity contribution is 7.83. The summed E-state index contributed by atoms with van der Waals surface area (Å²) in [7, 11) is 1.60. The van der Waals surface area contributed by atoms with Gasteiger partial charge in [-0.1, -0.05) is 12.2 Å². The second-order valence-electron chi connectivity index (χ2n) is 1.77. The highest BCUT2D eigenvalue weighted by Crippen LogP contribution is 1.92. The fourth-order valence-corrected chi connectivity index (χ4v) is 0.546. The fraction of sp³-hybridized carbons (Fsp3) is 0.286. The molecule has 0 radical (unpaired) electrons. The lowest BCUT2D eigenvalue weighted by Crippen LogP contribution is -2.18. The predicted octanol–water partition coefficient (Wildman–Crippen LogP) is 1.12. The van der Waals surface area contributed by atoms with E-state index in [4.69, 9.17) is 0 Å². The first-order valence-corrected chi connectivity index (χ1v) is 3.43. The number of nitrogens with one attached hydrogen (secondary N) is 1. The van der Waals surface area contributed by atoms with Gasteiger partial charge in [0.2, 0.25) is 5.91 Å². The van der Waals surface area contributed by atoms with Gasteiger partial charge in [0.25, 0.3) is 0 Å². The first-order chi connectivity index (χ1) is 4.72. The van der Waals surface area contributed by atoms with Crippen LogP contribution in [0.2, 0.25) is 0 Å². The molecular formula is C7H11NOS. The van der Waals surface area contributed by atoms with E-state index in [1.807, 2.05) is 0 Å². The number of rotatable bonds is 2. The Hall–Kier alpha value is -0.700. The van der Waals surface area contributed by atoms with Crippen molar-refractivity contribution < 1.29 is 4.79 Å². The molecule has 2 nitrogen and oxygen atoms in total. The summed E-state index contributed by atoms with van der Waals surface area (Å²) in [5, 5.41) is 4.08. The van der Waals surface area contributed by atoms with E-state index in [1.54, 1.807) is 31.5 Å². The van der Waals surface area contributed by atoms with Crippen molar-refractivity contribution in [2.45, 2.75) is 6.92 Å². The maximum atomic E-state index is 10.8. The molecule has 0 saturated heterocycles. The summed E-state index contributed by atoms with van der Waals surface area (Å²) < 4.78 is 0. The standard InChI is InChI=1S/C7H11NOS/c1-6(4-3-5-10)7(9)8-2/h3-5,10H,1-2H3,(H,8,9)/b5-3-,6-4+. The zero-order valence-corrected chi connectivity index (χ0v) is 6.98. The Balaban J connectivity index is 4.05.